The third-order valence-corrected chi connectivity index (χ3v) is 4.29. The topological polar surface area (TPSA) is 83.2 Å². The predicted molar refractivity (Wildman–Crippen MR) is 101 cm³/mol. The third kappa shape index (κ3) is 4.94. The van der Waals surface area contributed by atoms with Gasteiger partial charge < -0.3 is 9.84 Å². The van der Waals surface area contributed by atoms with Crippen molar-refractivity contribution in [1.82, 2.24) is 4.98 Å². The van der Waals surface area contributed by atoms with Crippen molar-refractivity contribution in [2.45, 2.75) is 19.4 Å². The molecule has 1 aromatic heterocycles. The number of carboxylic acids is 1. The Labute approximate surface area is 170 Å². The molecular weight excluding hydrogens is 397 g/mol. The summed E-state index contributed by atoms with van der Waals surface area (Å²) >= 11 is 0. The number of carbonyl (C=O) groups is 1. The number of aromatic nitrogens is 1. The molecule has 0 spiro atoms. The number of ether oxygens (including phenoxy) is 1. The molecule has 3 rings (SSSR count). The number of pyridine rings is 1. The molecule has 30 heavy (non-hydrogen) atoms. The molecule has 152 valence electrons. The molecule has 0 bridgehead atoms. The molecule has 3 aromatic rings. The molecular formula is C22H15F3N2O3. The van der Waals surface area contributed by atoms with Crippen LogP contribution in [-0.4, -0.2) is 16.1 Å². The van der Waals surface area contributed by atoms with E-state index in [0.717, 1.165) is 18.2 Å². The average molecular weight is 412 g/mol. The number of halogens is 3. The Kier molecular flexibility index (Phi) is 6.32. The van der Waals surface area contributed by atoms with Crippen molar-refractivity contribution in [1.29, 1.82) is 5.26 Å². The highest BCUT2D eigenvalue weighted by Gasteiger charge is 2.15. The average Bonchev–Trinajstić information content (AvgIpc) is 2.72. The van der Waals surface area contributed by atoms with Crippen molar-refractivity contribution in [2.75, 3.05) is 0 Å². The number of hydrogen-bond donors (Lipinski definition) is 1. The highest BCUT2D eigenvalue weighted by Crippen LogP contribution is 2.27. The highest BCUT2D eigenvalue weighted by molar-refractivity contribution is 5.67. The summed E-state index contributed by atoms with van der Waals surface area (Å²) in [6.45, 7) is -0.216. The maximum Gasteiger partial charge on any atom is 0.303 e. The molecule has 1 heterocycles. The fraction of sp³-hybridized carbons (Fsp3) is 0.136. The molecule has 0 radical (unpaired) electrons. The summed E-state index contributed by atoms with van der Waals surface area (Å²) < 4.78 is 48.1. The molecule has 0 aliphatic heterocycles. The quantitative estimate of drug-likeness (QED) is 0.612. The van der Waals surface area contributed by atoms with Crippen LogP contribution in [0, 0.1) is 28.8 Å². The summed E-state index contributed by atoms with van der Waals surface area (Å²) in [6, 6.07) is 12.0. The number of rotatable bonds is 7. The molecule has 1 N–H and O–H groups in total. The lowest BCUT2D eigenvalue weighted by molar-refractivity contribution is -0.136. The van der Waals surface area contributed by atoms with Crippen LogP contribution in [0.3, 0.4) is 0 Å². The zero-order valence-corrected chi connectivity index (χ0v) is 15.5. The number of aryl methyl sites for hydroxylation is 1. The van der Waals surface area contributed by atoms with E-state index in [4.69, 9.17) is 15.1 Å². The van der Waals surface area contributed by atoms with E-state index in [-0.39, 0.29) is 47.7 Å². The number of carboxylic acid groups (broad SMARTS) is 1. The molecule has 8 heteroatoms. The van der Waals surface area contributed by atoms with Crippen molar-refractivity contribution in [3.8, 4) is 23.2 Å². The van der Waals surface area contributed by atoms with Crippen LogP contribution in [0.4, 0.5) is 13.2 Å². The van der Waals surface area contributed by atoms with Crippen LogP contribution >= 0.6 is 0 Å². The van der Waals surface area contributed by atoms with Gasteiger partial charge in [0.15, 0.2) is 0 Å². The largest absolute Gasteiger partial charge is 0.481 e. The summed E-state index contributed by atoms with van der Waals surface area (Å²) in [5.41, 5.74) is 0.413. The maximum absolute atomic E-state index is 14.5. The van der Waals surface area contributed by atoms with Crippen molar-refractivity contribution in [3.63, 3.8) is 0 Å². The molecule has 0 atom stereocenters. The van der Waals surface area contributed by atoms with Gasteiger partial charge in [-0.3, -0.25) is 4.79 Å². The minimum atomic E-state index is -1.00. The van der Waals surface area contributed by atoms with E-state index in [9.17, 15) is 18.0 Å². The summed E-state index contributed by atoms with van der Waals surface area (Å²) in [7, 11) is 0. The minimum Gasteiger partial charge on any atom is -0.481 e. The Morgan fingerprint density at radius 2 is 1.83 bits per heavy atom. The first-order chi connectivity index (χ1) is 14.4. The van der Waals surface area contributed by atoms with Crippen LogP contribution < -0.4 is 4.74 Å². The Bertz CT molecular complexity index is 1140. The molecule has 0 fully saturated rings. The molecule has 2 aromatic carbocycles. The second-order valence-corrected chi connectivity index (χ2v) is 6.39. The third-order valence-electron chi connectivity index (χ3n) is 4.29. The van der Waals surface area contributed by atoms with Crippen LogP contribution in [0.1, 0.15) is 23.1 Å². The summed E-state index contributed by atoms with van der Waals surface area (Å²) in [6.07, 6.45) is -0.0115. The van der Waals surface area contributed by atoms with Gasteiger partial charge in [-0.1, -0.05) is 12.1 Å². The molecule has 5 nitrogen and oxygen atoms in total. The predicted octanol–water partition coefficient (Wildman–Crippen LogP) is 4.63. The van der Waals surface area contributed by atoms with Crippen LogP contribution in [0.2, 0.25) is 0 Å². The van der Waals surface area contributed by atoms with E-state index < -0.39 is 23.4 Å². The van der Waals surface area contributed by atoms with Gasteiger partial charge in [0.05, 0.1) is 11.6 Å². The fourth-order valence-electron chi connectivity index (χ4n) is 2.74. The molecule has 0 aliphatic carbocycles. The smallest absolute Gasteiger partial charge is 0.303 e. The van der Waals surface area contributed by atoms with Gasteiger partial charge >= 0.3 is 5.97 Å². The van der Waals surface area contributed by atoms with Gasteiger partial charge in [-0.05, 0) is 42.3 Å². The summed E-state index contributed by atoms with van der Waals surface area (Å²) in [5, 5.41) is 17.5. The second kappa shape index (κ2) is 9.09. The number of benzene rings is 2. The van der Waals surface area contributed by atoms with Crippen molar-refractivity contribution >= 4 is 5.97 Å². The van der Waals surface area contributed by atoms with E-state index in [1.54, 1.807) is 0 Å². The molecule has 0 aliphatic rings. The summed E-state index contributed by atoms with van der Waals surface area (Å²) in [5.74, 6) is -3.19. The lowest BCUT2D eigenvalue weighted by Gasteiger charge is -2.10. The molecule has 0 saturated carbocycles. The van der Waals surface area contributed by atoms with E-state index in [1.807, 2.05) is 6.07 Å². The maximum atomic E-state index is 14.5. The zero-order chi connectivity index (χ0) is 21.7. The Balaban J connectivity index is 1.80. The Hall–Kier alpha value is -3.86. The minimum absolute atomic E-state index is 0.0375. The van der Waals surface area contributed by atoms with Crippen molar-refractivity contribution in [2.24, 2.45) is 0 Å². The van der Waals surface area contributed by atoms with E-state index in [0.29, 0.717) is 5.56 Å². The van der Waals surface area contributed by atoms with E-state index >= 15 is 0 Å². The van der Waals surface area contributed by atoms with Crippen LogP contribution in [0.5, 0.6) is 5.88 Å². The van der Waals surface area contributed by atoms with E-state index in [1.165, 1.54) is 30.3 Å². The normalized spacial score (nSPS) is 10.5. The van der Waals surface area contributed by atoms with Gasteiger partial charge in [-0.15, -0.1) is 0 Å². The van der Waals surface area contributed by atoms with Gasteiger partial charge in [-0.25, -0.2) is 18.2 Å². The van der Waals surface area contributed by atoms with Crippen molar-refractivity contribution < 1.29 is 27.8 Å². The van der Waals surface area contributed by atoms with Gasteiger partial charge in [0.2, 0.25) is 5.88 Å². The summed E-state index contributed by atoms with van der Waals surface area (Å²) in [4.78, 5) is 14.6. The number of nitrogens with zero attached hydrogens (tertiary/aromatic N) is 2. The fourth-order valence-corrected chi connectivity index (χ4v) is 2.74. The Morgan fingerprint density at radius 3 is 2.50 bits per heavy atom. The highest BCUT2D eigenvalue weighted by atomic mass is 19.1. The molecule has 0 amide bonds. The monoisotopic (exact) mass is 412 g/mol. The lowest BCUT2D eigenvalue weighted by Crippen LogP contribution is -2.02. The first-order valence-corrected chi connectivity index (χ1v) is 8.86. The second-order valence-electron chi connectivity index (χ2n) is 6.39. The van der Waals surface area contributed by atoms with Gasteiger partial charge in [-0.2, -0.15) is 5.26 Å². The number of hydrogen-bond acceptors (Lipinski definition) is 4. The van der Waals surface area contributed by atoms with Crippen LogP contribution in [0.25, 0.3) is 11.3 Å². The SMILES string of the molecule is N#Cc1ccc(COc2ccc(F)c(-c3ccc(CCC(=O)O)cc3F)n2)c(F)c1. The standard InChI is InChI=1S/C22H15F3N2O3/c23-17-6-7-20(30-12-15-4-1-14(11-26)10-18(15)24)27-22(17)16-5-2-13(9-19(16)25)3-8-21(28)29/h1-2,4-7,9-10H,3,8,12H2,(H,28,29). The van der Waals surface area contributed by atoms with Gasteiger partial charge in [0.25, 0.3) is 0 Å². The zero-order valence-electron chi connectivity index (χ0n) is 15.5. The first-order valence-electron chi connectivity index (χ1n) is 8.86. The van der Waals surface area contributed by atoms with Gasteiger partial charge in [0.1, 0.15) is 29.8 Å². The lowest BCUT2D eigenvalue weighted by atomic mass is 10.0. The molecule has 0 unspecified atom stereocenters. The van der Waals surface area contributed by atoms with Gasteiger partial charge in [0, 0.05) is 23.6 Å². The first kappa shape index (κ1) is 20.9. The van der Waals surface area contributed by atoms with Crippen LogP contribution in [-0.2, 0) is 17.8 Å². The number of aliphatic carboxylic acids is 1. The number of nitriles is 1. The Morgan fingerprint density at radius 1 is 1.03 bits per heavy atom. The molecule has 0 saturated heterocycles. The van der Waals surface area contributed by atoms with E-state index in [2.05, 4.69) is 4.98 Å². The van der Waals surface area contributed by atoms with Crippen LogP contribution in [0.15, 0.2) is 48.5 Å². The van der Waals surface area contributed by atoms with Crippen molar-refractivity contribution in [3.05, 3.63) is 82.7 Å².